The molecule has 0 spiro atoms. The Kier molecular flexibility index (Phi) is 5.01. The van der Waals surface area contributed by atoms with Crippen molar-refractivity contribution in [1.29, 1.82) is 0 Å². The van der Waals surface area contributed by atoms with E-state index in [-0.39, 0.29) is 5.75 Å². The van der Waals surface area contributed by atoms with Crippen LogP contribution in [-0.2, 0) is 6.54 Å². The molecule has 0 atom stereocenters. The normalized spacial score (nSPS) is 10.8. The first-order valence-electron chi connectivity index (χ1n) is 5.27. The highest BCUT2D eigenvalue weighted by Gasteiger charge is 2.05. The second-order valence-corrected chi connectivity index (χ2v) is 6.18. The van der Waals surface area contributed by atoms with Gasteiger partial charge in [0.25, 0.3) is 0 Å². The summed E-state index contributed by atoms with van der Waals surface area (Å²) >= 11 is 10.8. The Balaban J connectivity index is 1.92. The zero-order valence-corrected chi connectivity index (χ0v) is 12.7. The third-order valence-electron chi connectivity index (χ3n) is 2.24. The van der Waals surface area contributed by atoms with Gasteiger partial charge >= 0.3 is 6.61 Å². The summed E-state index contributed by atoms with van der Waals surface area (Å²) in [5.74, 6) is 0.141. The lowest BCUT2D eigenvalue weighted by Crippen LogP contribution is -2.02. The van der Waals surface area contributed by atoms with Crippen LogP contribution in [0.1, 0.15) is 4.88 Å². The van der Waals surface area contributed by atoms with E-state index in [0.717, 1.165) is 15.0 Å². The maximum atomic E-state index is 12.0. The minimum absolute atomic E-state index is 0.141. The molecule has 0 aliphatic carbocycles. The zero-order valence-electron chi connectivity index (χ0n) is 9.50. The van der Waals surface area contributed by atoms with Crippen LogP contribution in [0.2, 0.25) is 4.34 Å². The van der Waals surface area contributed by atoms with Gasteiger partial charge in [-0.05, 0) is 46.3 Å². The monoisotopic (exact) mass is 367 g/mol. The van der Waals surface area contributed by atoms with E-state index in [1.165, 1.54) is 23.5 Å². The van der Waals surface area contributed by atoms with Gasteiger partial charge in [0.1, 0.15) is 10.1 Å². The van der Waals surface area contributed by atoms with Gasteiger partial charge in [-0.1, -0.05) is 11.6 Å². The van der Waals surface area contributed by atoms with Gasteiger partial charge in [-0.15, -0.1) is 11.3 Å². The molecule has 2 aromatic rings. The van der Waals surface area contributed by atoms with Crippen molar-refractivity contribution in [1.82, 2.24) is 0 Å². The Morgan fingerprint density at radius 3 is 2.53 bits per heavy atom. The number of benzene rings is 1. The van der Waals surface area contributed by atoms with Crippen molar-refractivity contribution in [3.05, 3.63) is 44.0 Å². The van der Waals surface area contributed by atoms with E-state index in [1.54, 1.807) is 12.1 Å². The Hall–Kier alpha value is -0.850. The number of alkyl halides is 2. The van der Waals surface area contributed by atoms with Crippen LogP contribution in [0.5, 0.6) is 5.75 Å². The maximum absolute atomic E-state index is 12.0. The van der Waals surface area contributed by atoms with Crippen LogP contribution in [0, 0.1) is 0 Å². The molecule has 0 bridgehead atoms. The van der Waals surface area contributed by atoms with Gasteiger partial charge in [0.15, 0.2) is 0 Å². The summed E-state index contributed by atoms with van der Waals surface area (Å²) in [7, 11) is 0. The summed E-state index contributed by atoms with van der Waals surface area (Å²) in [6.45, 7) is -2.19. The molecular weight excluding hydrogens is 360 g/mol. The van der Waals surface area contributed by atoms with E-state index in [0.29, 0.717) is 10.9 Å². The number of hydrogen-bond acceptors (Lipinski definition) is 3. The van der Waals surface area contributed by atoms with Gasteiger partial charge in [0, 0.05) is 21.6 Å². The van der Waals surface area contributed by atoms with Crippen molar-refractivity contribution >= 4 is 44.6 Å². The Morgan fingerprint density at radius 1 is 1.32 bits per heavy atom. The average molecular weight is 369 g/mol. The van der Waals surface area contributed by atoms with Crippen molar-refractivity contribution in [3.8, 4) is 5.75 Å². The number of halogens is 4. The predicted octanol–water partition coefficient (Wildman–Crippen LogP) is 5.38. The van der Waals surface area contributed by atoms with E-state index in [4.69, 9.17) is 11.6 Å². The van der Waals surface area contributed by atoms with Gasteiger partial charge in [-0.3, -0.25) is 0 Å². The third kappa shape index (κ3) is 4.33. The number of anilines is 1. The summed E-state index contributed by atoms with van der Waals surface area (Å²) in [6.07, 6.45) is 0. The van der Waals surface area contributed by atoms with Gasteiger partial charge in [-0.25, -0.2) is 0 Å². The molecule has 102 valence electrons. The standard InChI is InChI=1S/C12H9BrClF2NOS/c13-10-5-9(19-11(10)14)6-17-7-1-3-8(4-2-7)18-12(15)16/h1-5,12,17H,6H2. The molecule has 7 heteroatoms. The van der Waals surface area contributed by atoms with Crippen LogP contribution in [0.4, 0.5) is 14.5 Å². The fourth-order valence-corrected chi connectivity index (χ4v) is 3.15. The molecule has 1 aromatic heterocycles. The van der Waals surface area contributed by atoms with Gasteiger partial charge in [0.05, 0.1) is 0 Å². The summed E-state index contributed by atoms with van der Waals surface area (Å²) in [6, 6.07) is 8.29. The van der Waals surface area contributed by atoms with Crippen LogP contribution in [0.15, 0.2) is 34.8 Å². The quantitative estimate of drug-likeness (QED) is 0.765. The molecule has 1 heterocycles. The molecule has 0 radical (unpaired) electrons. The molecule has 1 aromatic carbocycles. The molecule has 1 N–H and O–H groups in total. The number of ether oxygens (including phenoxy) is 1. The topological polar surface area (TPSA) is 21.3 Å². The van der Waals surface area contributed by atoms with E-state index in [9.17, 15) is 8.78 Å². The fraction of sp³-hybridized carbons (Fsp3) is 0.167. The van der Waals surface area contributed by atoms with E-state index >= 15 is 0 Å². The molecule has 0 saturated carbocycles. The number of thiophene rings is 1. The predicted molar refractivity (Wildman–Crippen MR) is 77.4 cm³/mol. The highest BCUT2D eigenvalue weighted by molar-refractivity contribution is 9.10. The molecule has 0 unspecified atom stereocenters. The lowest BCUT2D eigenvalue weighted by atomic mass is 10.3. The summed E-state index contributed by atoms with van der Waals surface area (Å²) < 4.78 is 29.8. The number of nitrogens with one attached hydrogen (secondary N) is 1. The van der Waals surface area contributed by atoms with Crippen molar-refractivity contribution in [3.63, 3.8) is 0 Å². The minimum Gasteiger partial charge on any atom is -0.435 e. The Bertz CT molecular complexity index is 528. The molecule has 0 aliphatic rings. The summed E-state index contributed by atoms with van der Waals surface area (Å²) in [5.41, 5.74) is 0.822. The molecule has 0 amide bonds. The van der Waals surface area contributed by atoms with Crippen LogP contribution in [0.25, 0.3) is 0 Å². The lowest BCUT2D eigenvalue weighted by Gasteiger charge is -2.07. The average Bonchev–Trinajstić information content (AvgIpc) is 2.67. The maximum Gasteiger partial charge on any atom is 0.387 e. The highest BCUT2D eigenvalue weighted by Crippen LogP contribution is 2.32. The van der Waals surface area contributed by atoms with Crippen molar-refractivity contribution in [2.45, 2.75) is 13.2 Å². The van der Waals surface area contributed by atoms with Gasteiger partial charge in [-0.2, -0.15) is 8.78 Å². The highest BCUT2D eigenvalue weighted by atomic mass is 79.9. The summed E-state index contributed by atoms with van der Waals surface area (Å²) in [4.78, 5) is 1.07. The van der Waals surface area contributed by atoms with Gasteiger partial charge < -0.3 is 10.1 Å². The Labute approximate surface area is 126 Å². The zero-order chi connectivity index (χ0) is 13.8. The van der Waals surface area contributed by atoms with Crippen molar-refractivity contribution < 1.29 is 13.5 Å². The van der Waals surface area contributed by atoms with E-state index in [2.05, 4.69) is 26.0 Å². The largest absolute Gasteiger partial charge is 0.435 e. The van der Waals surface area contributed by atoms with E-state index < -0.39 is 6.61 Å². The molecule has 2 nitrogen and oxygen atoms in total. The molecule has 0 saturated heterocycles. The van der Waals surface area contributed by atoms with E-state index in [1.807, 2.05) is 6.07 Å². The first kappa shape index (κ1) is 14.6. The first-order valence-corrected chi connectivity index (χ1v) is 7.26. The van der Waals surface area contributed by atoms with Crippen LogP contribution < -0.4 is 10.1 Å². The number of hydrogen-bond donors (Lipinski definition) is 1. The molecular formula is C12H9BrClF2NOS. The van der Waals surface area contributed by atoms with Crippen molar-refractivity contribution in [2.75, 3.05) is 5.32 Å². The summed E-state index contributed by atoms with van der Waals surface area (Å²) in [5, 5.41) is 3.17. The van der Waals surface area contributed by atoms with Crippen LogP contribution in [0.3, 0.4) is 0 Å². The lowest BCUT2D eigenvalue weighted by molar-refractivity contribution is -0.0498. The molecule has 0 fully saturated rings. The fourth-order valence-electron chi connectivity index (χ4n) is 1.42. The second kappa shape index (κ2) is 6.54. The SMILES string of the molecule is FC(F)Oc1ccc(NCc2cc(Br)c(Cl)s2)cc1. The van der Waals surface area contributed by atoms with Crippen molar-refractivity contribution in [2.24, 2.45) is 0 Å². The van der Waals surface area contributed by atoms with Gasteiger partial charge in [0.2, 0.25) is 0 Å². The smallest absolute Gasteiger partial charge is 0.387 e. The number of rotatable bonds is 5. The third-order valence-corrected chi connectivity index (χ3v) is 4.72. The molecule has 0 aliphatic heterocycles. The van der Waals surface area contributed by atoms with Crippen LogP contribution in [-0.4, -0.2) is 6.61 Å². The molecule has 2 rings (SSSR count). The second-order valence-electron chi connectivity index (χ2n) is 3.59. The Morgan fingerprint density at radius 2 is 2.00 bits per heavy atom. The van der Waals surface area contributed by atoms with Crippen LogP contribution >= 0.6 is 38.9 Å². The first-order chi connectivity index (χ1) is 9.04. The minimum atomic E-state index is -2.80. The molecule has 19 heavy (non-hydrogen) atoms.